The van der Waals surface area contributed by atoms with Gasteiger partial charge in [0.25, 0.3) is 0 Å². The highest BCUT2D eigenvalue weighted by Gasteiger charge is 2.40. The molecule has 0 radical (unpaired) electrons. The summed E-state index contributed by atoms with van der Waals surface area (Å²) in [5.41, 5.74) is 2.49. The number of carbonyl (C=O) groups is 1. The van der Waals surface area contributed by atoms with Crippen LogP contribution in [0.25, 0.3) is 0 Å². The molecule has 21 heavy (non-hydrogen) atoms. The summed E-state index contributed by atoms with van der Waals surface area (Å²) in [6.07, 6.45) is 3.43. The van der Waals surface area contributed by atoms with E-state index >= 15 is 0 Å². The molecule has 2 saturated heterocycles. The molecule has 3 rings (SSSR count). The van der Waals surface area contributed by atoms with Gasteiger partial charge in [0.05, 0.1) is 6.04 Å². The second-order valence-corrected chi connectivity index (χ2v) is 7.42. The van der Waals surface area contributed by atoms with Crippen molar-refractivity contribution in [1.29, 1.82) is 0 Å². The van der Waals surface area contributed by atoms with Gasteiger partial charge in [-0.1, -0.05) is 31.2 Å². The number of aryl methyl sites for hydroxylation is 1. The van der Waals surface area contributed by atoms with Crippen LogP contribution in [-0.4, -0.2) is 34.4 Å². The van der Waals surface area contributed by atoms with Crippen molar-refractivity contribution in [2.45, 2.75) is 50.6 Å². The first-order valence-electron chi connectivity index (χ1n) is 7.94. The summed E-state index contributed by atoms with van der Waals surface area (Å²) in [6.45, 7) is 5.09. The minimum absolute atomic E-state index is 0.0268. The Kier molecular flexibility index (Phi) is 4.55. The number of benzene rings is 1. The summed E-state index contributed by atoms with van der Waals surface area (Å²) in [5, 5.41) is 4.15. The smallest absolute Gasteiger partial charge is 0.241 e. The SMILES string of the molecule is CCC1NC(c2ccccc2C)N(CC2CCCS2)C1=O. The lowest BCUT2D eigenvalue weighted by molar-refractivity contribution is -0.130. The third kappa shape index (κ3) is 2.97. The second-order valence-electron chi connectivity index (χ2n) is 6.01. The van der Waals surface area contributed by atoms with Gasteiger partial charge in [-0.25, -0.2) is 0 Å². The Hall–Kier alpha value is -1.00. The minimum Gasteiger partial charge on any atom is -0.320 e. The van der Waals surface area contributed by atoms with Gasteiger partial charge in [0, 0.05) is 11.8 Å². The first-order chi connectivity index (χ1) is 10.2. The van der Waals surface area contributed by atoms with E-state index in [4.69, 9.17) is 0 Å². The predicted octanol–water partition coefficient (Wildman–Crippen LogP) is 3.10. The van der Waals surface area contributed by atoms with Crippen LogP contribution < -0.4 is 5.32 Å². The molecule has 3 atom stereocenters. The van der Waals surface area contributed by atoms with Gasteiger partial charge in [-0.15, -0.1) is 0 Å². The summed E-state index contributed by atoms with van der Waals surface area (Å²) in [7, 11) is 0. The van der Waals surface area contributed by atoms with E-state index in [9.17, 15) is 4.79 Å². The van der Waals surface area contributed by atoms with Crippen molar-refractivity contribution in [3.8, 4) is 0 Å². The van der Waals surface area contributed by atoms with Crippen LogP contribution in [0.3, 0.4) is 0 Å². The molecule has 0 saturated carbocycles. The molecule has 1 aromatic rings. The van der Waals surface area contributed by atoms with Gasteiger partial charge >= 0.3 is 0 Å². The molecule has 2 aliphatic heterocycles. The molecule has 0 spiro atoms. The molecule has 3 unspecified atom stereocenters. The van der Waals surface area contributed by atoms with Crippen molar-refractivity contribution >= 4 is 17.7 Å². The Labute approximate surface area is 131 Å². The zero-order valence-electron chi connectivity index (χ0n) is 12.8. The van der Waals surface area contributed by atoms with Crippen molar-refractivity contribution in [1.82, 2.24) is 10.2 Å². The highest BCUT2D eigenvalue weighted by molar-refractivity contribution is 8.00. The summed E-state index contributed by atoms with van der Waals surface area (Å²) in [5.74, 6) is 1.52. The number of thioether (sulfide) groups is 1. The van der Waals surface area contributed by atoms with E-state index in [1.807, 2.05) is 11.8 Å². The maximum Gasteiger partial charge on any atom is 0.241 e. The van der Waals surface area contributed by atoms with Crippen LogP contribution in [0.1, 0.15) is 43.5 Å². The number of hydrogen-bond donors (Lipinski definition) is 1. The molecule has 114 valence electrons. The van der Waals surface area contributed by atoms with E-state index in [2.05, 4.69) is 48.3 Å². The molecule has 0 aromatic heterocycles. The monoisotopic (exact) mass is 304 g/mol. The quantitative estimate of drug-likeness (QED) is 0.927. The fourth-order valence-electron chi connectivity index (χ4n) is 3.33. The van der Waals surface area contributed by atoms with Crippen LogP contribution >= 0.6 is 11.8 Å². The van der Waals surface area contributed by atoms with Crippen molar-refractivity contribution in [3.05, 3.63) is 35.4 Å². The molecule has 2 fully saturated rings. The topological polar surface area (TPSA) is 32.3 Å². The Bertz CT molecular complexity index is 513. The number of rotatable bonds is 4. The first-order valence-corrected chi connectivity index (χ1v) is 8.99. The largest absolute Gasteiger partial charge is 0.320 e. The zero-order valence-corrected chi connectivity index (χ0v) is 13.7. The van der Waals surface area contributed by atoms with Crippen LogP contribution in [0.2, 0.25) is 0 Å². The minimum atomic E-state index is -0.0268. The van der Waals surface area contributed by atoms with Crippen molar-refractivity contribution in [2.75, 3.05) is 12.3 Å². The number of carbonyl (C=O) groups excluding carboxylic acids is 1. The van der Waals surface area contributed by atoms with Crippen LogP contribution in [0.5, 0.6) is 0 Å². The van der Waals surface area contributed by atoms with E-state index in [1.54, 1.807) is 0 Å². The summed E-state index contributed by atoms with van der Waals surface area (Å²) >= 11 is 2.02. The zero-order chi connectivity index (χ0) is 14.8. The molecule has 1 N–H and O–H groups in total. The van der Waals surface area contributed by atoms with E-state index in [0.717, 1.165) is 13.0 Å². The van der Waals surface area contributed by atoms with Gasteiger partial charge in [-0.2, -0.15) is 11.8 Å². The van der Waals surface area contributed by atoms with E-state index in [-0.39, 0.29) is 18.1 Å². The maximum absolute atomic E-state index is 12.7. The number of nitrogens with zero attached hydrogens (tertiary/aromatic N) is 1. The standard InChI is InChI=1S/C17H24N2OS/c1-3-15-17(20)19(11-13-8-6-10-21-13)16(18-15)14-9-5-4-7-12(14)2/h4-5,7,9,13,15-16,18H,3,6,8,10-11H2,1-2H3. The number of amides is 1. The van der Waals surface area contributed by atoms with Gasteiger partial charge in [0.2, 0.25) is 5.91 Å². The van der Waals surface area contributed by atoms with E-state index < -0.39 is 0 Å². The molecule has 0 aliphatic carbocycles. The Morgan fingerprint density at radius 3 is 2.86 bits per heavy atom. The van der Waals surface area contributed by atoms with Crippen molar-refractivity contribution in [3.63, 3.8) is 0 Å². The Morgan fingerprint density at radius 2 is 2.19 bits per heavy atom. The summed E-state index contributed by atoms with van der Waals surface area (Å²) < 4.78 is 0. The second kappa shape index (κ2) is 6.41. The van der Waals surface area contributed by atoms with E-state index in [1.165, 1.54) is 29.7 Å². The number of hydrogen-bond acceptors (Lipinski definition) is 3. The molecule has 0 bridgehead atoms. The normalized spacial score (nSPS) is 29.3. The lowest BCUT2D eigenvalue weighted by Crippen LogP contribution is -2.36. The highest BCUT2D eigenvalue weighted by atomic mass is 32.2. The third-order valence-electron chi connectivity index (χ3n) is 4.57. The summed E-state index contributed by atoms with van der Waals surface area (Å²) in [6, 6.07) is 8.37. The van der Waals surface area contributed by atoms with Crippen molar-refractivity contribution in [2.24, 2.45) is 0 Å². The lowest BCUT2D eigenvalue weighted by atomic mass is 10.1. The van der Waals surface area contributed by atoms with Crippen LogP contribution in [0, 0.1) is 6.92 Å². The highest BCUT2D eigenvalue weighted by Crippen LogP contribution is 2.33. The molecular formula is C17H24N2OS. The molecule has 1 aromatic carbocycles. The lowest BCUT2D eigenvalue weighted by Gasteiger charge is -2.28. The molecule has 4 heteroatoms. The van der Waals surface area contributed by atoms with Gasteiger partial charge in [-0.05, 0) is 43.1 Å². The van der Waals surface area contributed by atoms with Gasteiger partial charge in [0.1, 0.15) is 6.17 Å². The fourth-order valence-corrected chi connectivity index (χ4v) is 4.59. The molecule has 2 heterocycles. The number of nitrogens with one attached hydrogen (secondary N) is 1. The fraction of sp³-hybridized carbons (Fsp3) is 0.588. The van der Waals surface area contributed by atoms with Crippen LogP contribution in [-0.2, 0) is 4.79 Å². The van der Waals surface area contributed by atoms with Crippen LogP contribution in [0.4, 0.5) is 0 Å². The molecule has 3 nitrogen and oxygen atoms in total. The third-order valence-corrected chi connectivity index (χ3v) is 5.95. The Balaban J connectivity index is 1.85. The summed E-state index contributed by atoms with van der Waals surface area (Å²) in [4.78, 5) is 14.8. The predicted molar refractivity (Wildman–Crippen MR) is 88.3 cm³/mol. The Morgan fingerprint density at radius 1 is 1.38 bits per heavy atom. The van der Waals surface area contributed by atoms with Gasteiger partial charge < -0.3 is 4.90 Å². The average molecular weight is 304 g/mol. The maximum atomic E-state index is 12.7. The van der Waals surface area contributed by atoms with Crippen molar-refractivity contribution < 1.29 is 4.79 Å². The molecule has 1 amide bonds. The van der Waals surface area contributed by atoms with Crippen LogP contribution in [0.15, 0.2) is 24.3 Å². The molecule has 2 aliphatic rings. The van der Waals surface area contributed by atoms with E-state index in [0.29, 0.717) is 5.25 Å². The van der Waals surface area contributed by atoms with Gasteiger partial charge in [0.15, 0.2) is 0 Å². The molecular weight excluding hydrogens is 280 g/mol. The van der Waals surface area contributed by atoms with Gasteiger partial charge in [-0.3, -0.25) is 10.1 Å². The first kappa shape index (κ1) is 14.9. The average Bonchev–Trinajstić information content (AvgIpc) is 3.10.